The number of rotatable bonds is 10. The first-order valence-electron chi connectivity index (χ1n) is 17.6. The zero-order valence-corrected chi connectivity index (χ0v) is 28.8. The maximum atomic E-state index is 13.1. The topological polar surface area (TPSA) is 111 Å². The molecular formula is C39H45N5O4S. The van der Waals surface area contributed by atoms with Crippen LogP contribution >= 0.6 is 11.8 Å². The van der Waals surface area contributed by atoms with Gasteiger partial charge in [0.1, 0.15) is 6.33 Å². The van der Waals surface area contributed by atoms with Crippen molar-refractivity contribution in [2.45, 2.75) is 87.3 Å². The van der Waals surface area contributed by atoms with E-state index in [4.69, 9.17) is 9.47 Å². The molecule has 4 aliphatic carbocycles. The number of nitrogens with zero attached hydrogens (tertiary/aromatic N) is 3. The van der Waals surface area contributed by atoms with Gasteiger partial charge in [0.2, 0.25) is 0 Å². The van der Waals surface area contributed by atoms with Crippen LogP contribution < -0.4 is 10.6 Å². The molecule has 0 unspecified atom stereocenters. The average Bonchev–Trinajstić information content (AvgIpc) is 3.53. The molecule has 1 aliphatic heterocycles. The van der Waals surface area contributed by atoms with Crippen molar-refractivity contribution in [3.05, 3.63) is 101 Å². The molecule has 49 heavy (non-hydrogen) atoms. The standard InChI is InChI=1S/C39H45N5O4S/c1-44-24-41-43-38(44)49-23-34-17-35(31-7-5-25(22-45)6-8-31)48-36(47-34)32-11-9-30(10-12-32)33-4-2-3-26(16-33)21-40-37(46)42-39-18-27-13-28(19-39)15-29(14-27)20-39/h2-12,16,24,27-29,34-36,45H,13-15,17-23H2,1H3,(H2,40,42,46)/t27?,28?,29?,34-,35+,36+,39?/m1/s1. The third-order valence-electron chi connectivity index (χ3n) is 11.0. The van der Waals surface area contributed by atoms with Gasteiger partial charge >= 0.3 is 6.03 Å². The fourth-order valence-corrected chi connectivity index (χ4v) is 9.92. The molecule has 3 aromatic carbocycles. The lowest BCUT2D eigenvalue weighted by molar-refractivity contribution is -0.245. The van der Waals surface area contributed by atoms with Gasteiger partial charge in [-0.2, -0.15) is 0 Å². The number of aliphatic hydroxyl groups is 1. The normalized spacial score (nSPS) is 28.8. The van der Waals surface area contributed by atoms with Gasteiger partial charge in [-0.15, -0.1) is 10.2 Å². The van der Waals surface area contributed by atoms with Gasteiger partial charge in [0.15, 0.2) is 11.4 Å². The molecule has 5 fully saturated rings. The SMILES string of the molecule is Cn1cnnc1SC[C@H]1C[C@@H](c2ccc(CO)cc2)O[C@@H](c2ccc(-c3cccc(CNC(=O)NC45CC6CC(CC(C6)C4)C5)c3)cc2)O1. The molecule has 4 bridgehead atoms. The summed E-state index contributed by atoms with van der Waals surface area (Å²) in [7, 11) is 1.94. The second-order valence-electron chi connectivity index (χ2n) is 14.7. The third-order valence-corrected chi connectivity index (χ3v) is 12.2. The Morgan fingerprint density at radius 2 is 1.61 bits per heavy atom. The first-order chi connectivity index (χ1) is 23.9. The van der Waals surface area contributed by atoms with Crippen molar-refractivity contribution < 1.29 is 19.4 Å². The van der Waals surface area contributed by atoms with Crippen molar-refractivity contribution in [3.8, 4) is 11.1 Å². The zero-order valence-electron chi connectivity index (χ0n) is 28.0. The molecule has 1 aromatic heterocycles. The summed E-state index contributed by atoms with van der Waals surface area (Å²) in [4.78, 5) is 13.1. The molecule has 9 nitrogen and oxygen atoms in total. The smallest absolute Gasteiger partial charge is 0.315 e. The van der Waals surface area contributed by atoms with E-state index in [1.165, 1.54) is 19.3 Å². The number of aromatic nitrogens is 3. The highest BCUT2D eigenvalue weighted by molar-refractivity contribution is 7.99. The van der Waals surface area contributed by atoms with Gasteiger partial charge in [0.05, 0.1) is 18.8 Å². The van der Waals surface area contributed by atoms with Crippen molar-refractivity contribution in [3.63, 3.8) is 0 Å². The lowest BCUT2D eigenvalue weighted by atomic mass is 9.53. The molecular weight excluding hydrogens is 635 g/mol. The molecule has 2 amide bonds. The van der Waals surface area contributed by atoms with E-state index in [1.807, 2.05) is 35.9 Å². The van der Waals surface area contributed by atoms with E-state index in [0.29, 0.717) is 13.0 Å². The van der Waals surface area contributed by atoms with Crippen molar-refractivity contribution in [1.82, 2.24) is 25.4 Å². The van der Waals surface area contributed by atoms with E-state index in [-0.39, 0.29) is 30.4 Å². The number of amides is 2. The van der Waals surface area contributed by atoms with Gasteiger partial charge in [-0.25, -0.2) is 4.79 Å². The number of carbonyl (C=O) groups excluding carboxylic acids is 1. The third kappa shape index (κ3) is 7.29. The van der Waals surface area contributed by atoms with Gasteiger partial charge in [-0.05, 0) is 90.2 Å². The summed E-state index contributed by atoms with van der Waals surface area (Å²) < 4.78 is 15.0. The molecule has 0 radical (unpaired) electrons. The van der Waals surface area contributed by atoms with E-state index in [9.17, 15) is 9.90 Å². The summed E-state index contributed by atoms with van der Waals surface area (Å²) in [6.45, 7) is 0.500. The Morgan fingerprint density at radius 3 is 2.29 bits per heavy atom. The van der Waals surface area contributed by atoms with Crippen LogP contribution in [0, 0.1) is 17.8 Å². The summed E-state index contributed by atoms with van der Waals surface area (Å²) in [6, 6.07) is 24.7. The maximum absolute atomic E-state index is 13.1. The Morgan fingerprint density at radius 1 is 0.898 bits per heavy atom. The molecule has 4 aromatic rings. The van der Waals surface area contributed by atoms with Crippen LogP contribution in [0.25, 0.3) is 11.1 Å². The number of nitrogens with one attached hydrogen (secondary N) is 2. The van der Waals surface area contributed by atoms with E-state index in [1.54, 1.807) is 18.1 Å². The van der Waals surface area contributed by atoms with Gasteiger partial charge in [0, 0.05) is 36.9 Å². The van der Waals surface area contributed by atoms with Gasteiger partial charge in [-0.1, -0.05) is 78.5 Å². The second kappa shape index (κ2) is 13.9. The predicted molar refractivity (Wildman–Crippen MR) is 188 cm³/mol. The molecule has 9 rings (SSSR count). The Kier molecular flexibility index (Phi) is 9.22. The lowest BCUT2D eigenvalue weighted by Crippen LogP contribution is -2.61. The number of benzene rings is 3. The highest BCUT2D eigenvalue weighted by Crippen LogP contribution is 2.55. The molecule has 5 aliphatic rings. The van der Waals surface area contributed by atoms with E-state index < -0.39 is 6.29 Å². The summed E-state index contributed by atoms with van der Waals surface area (Å²) in [5, 5.41) is 25.2. The first kappa shape index (κ1) is 32.5. The fourth-order valence-electron chi connectivity index (χ4n) is 9.02. The molecule has 1 saturated heterocycles. The van der Waals surface area contributed by atoms with E-state index in [2.05, 4.69) is 69.4 Å². The van der Waals surface area contributed by atoms with Crippen molar-refractivity contribution >= 4 is 17.8 Å². The Balaban J connectivity index is 0.921. The first-order valence-corrected chi connectivity index (χ1v) is 18.6. The highest BCUT2D eigenvalue weighted by Gasteiger charge is 2.51. The number of hydrogen-bond donors (Lipinski definition) is 3. The van der Waals surface area contributed by atoms with Gasteiger partial charge in [-0.3, -0.25) is 0 Å². The van der Waals surface area contributed by atoms with Gasteiger partial charge < -0.3 is 29.8 Å². The number of aryl methyl sites for hydroxylation is 1. The van der Waals surface area contributed by atoms with Crippen LogP contribution in [0.2, 0.25) is 0 Å². The van der Waals surface area contributed by atoms with Crippen LogP contribution in [0.3, 0.4) is 0 Å². The summed E-state index contributed by atoms with van der Waals surface area (Å²) in [6.07, 6.45) is 9.20. The molecule has 4 saturated carbocycles. The van der Waals surface area contributed by atoms with Gasteiger partial charge in [0.25, 0.3) is 0 Å². The van der Waals surface area contributed by atoms with Crippen LogP contribution in [0.15, 0.2) is 84.3 Å². The Hall–Kier alpha value is -3.70. The molecule has 0 spiro atoms. The highest BCUT2D eigenvalue weighted by atomic mass is 32.2. The van der Waals surface area contributed by atoms with Crippen LogP contribution in [0.4, 0.5) is 4.79 Å². The minimum absolute atomic E-state index is 0.00794. The number of hydrogen-bond acceptors (Lipinski definition) is 7. The monoisotopic (exact) mass is 679 g/mol. The molecule has 3 atom stereocenters. The lowest BCUT2D eigenvalue weighted by Gasteiger charge is -2.56. The van der Waals surface area contributed by atoms with Crippen LogP contribution in [-0.4, -0.2) is 43.3 Å². The Bertz CT molecular complexity index is 1720. The number of urea groups is 1. The summed E-state index contributed by atoms with van der Waals surface area (Å²) >= 11 is 1.63. The molecule has 10 heteroatoms. The van der Waals surface area contributed by atoms with Crippen LogP contribution in [-0.2, 0) is 29.7 Å². The second-order valence-corrected chi connectivity index (χ2v) is 15.7. The zero-order chi connectivity index (χ0) is 33.4. The van der Waals surface area contributed by atoms with Crippen molar-refractivity contribution in [1.29, 1.82) is 0 Å². The summed E-state index contributed by atoms with van der Waals surface area (Å²) in [5.74, 6) is 3.11. The quantitative estimate of drug-likeness (QED) is 0.154. The van der Waals surface area contributed by atoms with Crippen molar-refractivity contribution in [2.24, 2.45) is 24.8 Å². The minimum atomic E-state index is -0.529. The Labute approximate surface area is 292 Å². The fraction of sp³-hybridized carbons (Fsp3) is 0.462. The average molecular weight is 680 g/mol. The number of ether oxygens (including phenoxy) is 2. The predicted octanol–water partition coefficient (Wildman–Crippen LogP) is 7.08. The molecule has 256 valence electrons. The van der Waals surface area contributed by atoms with E-state index >= 15 is 0 Å². The maximum Gasteiger partial charge on any atom is 0.315 e. The largest absolute Gasteiger partial charge is 0.392 e. The number of carbonyl (C=O) groups is 1. The molecule has 3 N–H and O–H groups in total. The van der Waals surface area contributed by atoms with Crippen molar-refractivity contribution in [2.75, 3.05) is 5.75 Å². The van der Waals surface area contributed by atoms with Crippen LogP contribution in [0.1, 0.15) is 79.6 Å². The van der Waals surface area contributed by atoms with E-state index in [0.717, 1.165) is 81.3 Å². The minimum Gasteiger partial charge on any atom is -0.392 e. The van der Waals surface area contributed by atoms with Crippen LogP contribution in [0.5, 0.6) is 0 Å². The number of thioether (sulfide) groups is 1. The number of aliphatic hydroxyl groups excluding tert-OH is 1. The summed E-state index contributed by atoms with van der Waals surface area (Å²) in [5.41, 5.74) is 6.15. The molecule has 2 heterocycles.